The van der Waals surface area contributed by atoms with E-state index in [1.54, 1.807) is 14.2 Å². The van der Waals surface area contributed by atoms with E-state index in [2.05, 4.69) is 22.0 Å². The molecule has 1 aromatic carbocycles. The largest absolute Gasteiger partial charge is 0.493 e. The first-order chi connectivity index (χ1) is 7.72. The fraction of sp³-hybridized carbons (Fsp3) is 0.500. The molecular formula is C12H18BrNO2. The van der Waals surface area contributed by atoms with Crippen LogP contribution < -0.4 is 15.2 Å². The van der Waals surface area contributed by atoms with Gasteiger partial charge in [0.25, 0.3) is 0 Å². The maximum Gasteiger partial charge on any atom is 0.174 e. The normalized spacial score (nSPS) is 10.2. The minimum absolute atomic E-state index is 0.741. The van der Waals surface area contributed by atoms with Gasteiger partial charge in [-0.1, -0.05) is 0 Å². The fourth-order valence-electron chi connectivity index (χ4n) is 1.59. The van der Waals surface area contributed by atoms with Gasteiger partial charge in [0.15, 0.2) is 11.5 Å². The summed E-state index contributed by atoms with van der Waals surface area (Å²) in [4.78, 5) is 0. The molecule has 1 aromatic rings. The molecule has 0 amide bonds. The molecule has 0 atom stereocenters. The Morgan fingerprint density at radius 2 is 1.94 bits per heavy atom. The van der Waals surface area contributed by atoms with Gasteiger partial charge in [-0.2, -0.15) is 0 Å². The van der Waals surface area contributed by atoms with E-state index < -0.39 is 0 Å². The molecule has 3 nitrogen and oxygen atoms in total. The Kier molecular flexibility index (Phi) is 5.63. The van der Waals surface area contributed by atoms with Crippen molar-refractivity contribution in [1.29, 1.82) is 0 Å². The molecule has 0 spiro atoms. The maximum atomic E-state index is 5.47. The fourth-order valence-corrected chi connectivity index (χ4v) is 2.24. The van der Waals surface area contributed by atoms with E-state index in [0.29, 0.717) is 0 Å². The van der Waals surface area contributed by atoms with E-state index in [9.17, 15) is 0 Å². The lowest BCUT2D eigenvalue weighted by Crippen LogP contribution is -1.99. The van der Waals surface area contributed by atoms with Crippen molar-refractivity contribution in [3.8, 4) is 11.5 Å². The van der Waals surface area contributed by atoms with E-state index in [-0.39, 0.29) is 0 Å². The SMILES string of the molecule is COc1cc(CCCCN)cc(Br)c1OC. The first-order valence-corrected chi connectivity index (χ1v) is 6.12. The highest BCUT2D eigenvalue weighted by Gasteiger charge is 2.09. The highest BCUT2D eigenvalue weighted by Crippen LogP contribution is 2.36. The number of hydrogen-bond acceptors (Lipinski definition) is 3. The van der Waals surface area contributed by atoms with Gasteiger partial charge in [-0.25, -0.2) is 0 Å². The van der Waals surface area contributed by atoms with Crippen LogP contribution in [0.4, 0.5) is 0 Å². The van der Waals surface area contributed by atoms with Crippen LogP contribution in [-0.2, 0) is 6.42 Å². The summed E-state index contributed by atoms with van der Waals surface area (Å²) in [6.45, 7) is 0.745. The van der Waals surface area contributed by atoms with Gasteiger partial charge >= 0.3 is 0 Å². The lowest BCUT2D eigenvalue weighted by Gasteiger charge is -2.11. The third-order valence-corrected chi connectivity index (χ3v) is 3.00. The molecule has 0 fully saturated rings. The number of hydrogen-bond donors (Lipinski definition) is 1. The average molecular weight is 288 g/mol. The summed E-state index contributed by atoms with van der Waals surface area (Å²) in [7, 11) is 3.28. The molecule has 0 unspecified atom stereocenters. The summed E-state index contributed by atoms with van der Waals surface area (Å²) in [5, 5.41) is 0. The molecule has 16 heavy (non-hydrogen) atoms. The van der Waals surface area contributed by atoms with Crippen LogP contribution in [-0.4, -0.2) is 20.8 Å². The van der Waals surface area contributed by atoms with Crippen LogP contribution in [0.15, 0.2) is 16.6 Å². The highest BCUT2D eigenvalue weighted by atomic mass is 79.9. The molecule has 0 aromatic heterocycles. The number of rotatable bonds is 6. The van der Waals surface area contributed by atoms with Gasteiger partial charge < -0.3 is 15.2 Å². The number of nitrogens with two attached hydrogens (primary N) is 1. The summed E-state index contributed by atoms with van der Waals surface area (Å²) < 4.78 is 11.5. The molecule has 0 radical (unpaired) electrons. The topological polar surface area (TPSA) is 44.5 Å². The molecule has 0 saturated heterocycles. The van der Waals surface area contributed by atoms with Crippen LogP contribution in [0.1, 0.15) is 18.4 Å². The Morgan fingerprint density at radius 3 is 2.50 bits per heavy atom. The van der Waals surface area contributed by atoms with Crippen molar-refractivity contribution in [1.82, 2.24) is 0 Å². The number of ether oxygens (including phenoxy) is 2. The van der Waals surface area contributed by atoms with E-state index in [4.69, 9.17) is 15.2 Å². The van der Waals surface area contributed by atoms with Crippen molar-refractivity contribution in [2.45, 2.75) is 19.3 Å². The molecule has 90 valence electrons. The van der Waals surface area contributed by atoms with Gasteiger partial charge in [0.1, 0.15) is 0 Å². The van der Waals surface area contributed by atoms with Crippen molar-refractivity contribution >= 4 is 15.9 Å². The van der Waals surface area contributed by atoms with Gasteiger partial charge in [-0.15, -0.1) is 0 Å². The summed E-state index contributed by atoms with van der Waals surface area (Å²) in [5.74, 6) is 1.50. The second kappa shape index (κ2) is 6.76. The minimum Gasteiger partial charge on any atom is -0.493 e. The summed E-state index contributed by atoms with van der Waals surface area (Å²) >= 11 is 3.48. The molecule has 0 aliphatic heterocycles. The Balaban J connectivity index is 2.83. The van der Waals surface area contributed by atoms with Gasteiger partial charge in [0.05, 0.1) is 18.7 Å². The summed E-state index contributed by atoms with van der Waals surface area (Å²) in [5.41, 5.74) is 6.70. The molecule has 2 N–H and O–H groups in total. The van der Waals surface area contributed by atoms with Crippen LogP contribution in [0.3, 0.4) is 0 Å². The van der Waals surface area contributed by atoms with E-state index in [1.807, 2.05) is 6.07 Å². The predicted molar refractivity (Wildman–Crippen MR) is 69.2 cm³/mol. The average Bonchev–Trinajstić information content (AvgIpc) is 2.28. The van der Waals surface area contributed by atoms with Crippen LogP contribution >= 0.6 is 15.9 Å². The lowest BCUT2D eigenvalue weighted by molar-refractivity contribution is 0.352. The molecular weight excluding hydrogens is 270 g/mol. The second-order valence-corrected chi connectivity index (χ2v) is 4.41. The minimum atomic E-state index is 0.741. The molecule has 0 aliphatic rings. The second-order valence-electron chi connectivity index (χ2n) is 3.56. The first-order valence-electron chi connectivity index (χ1n) is 5.33. The Hall–Kier alpha value is -0.740. The van der Waals surface area contributed by atoms with E-state index in [1.165, 1.54) is 5.56 Å². The van der Waals surface area contributed by atoms with Crippen molar-refractivity contribution in [2.75, 3.05) is 20.8 Å². The van der Waals surface area contributed by atoms with Gasteiger partial charge in [-0.05, 0) is 59.4 Å². The zero-order valence-corrected chi connectivity index (χ0v) is 11.3. The lowest BCUT2D eigenvalue weighted by atomic mass is 10.1. The van der Waals surface area contributed by atoms with Crippen molar-refractivity contribution in [3.63, 3.8) is 0 Å². The van der Waals surface area contributed by atoms with Crippen LogP contribution in [0.25, 0.3) is 0 Å². The predicted octanol–water partition coefficient (Wildman–Crippen LogP) is 2.75. The number of aryl methyl sites for hydroxylation is 1. The monoisotopic (exact) mass is 287 g/mol. The molecule has 1 rings (SSSR count). The Labute approximate surface area is 105 Å². The van der Waals surface area contributed by atoms with Crippen LogP contribution in [0, 0.1) is 0 Å². The Morgan fingerprint density at radius 1 is 1.19 bits per heavy atom. The van der Waals surface area contributed by atoms with Crippen LogP contribution in [0.5, 0.6) is 11.5 Å². The van der Waals surface area contributed by atoms with Crippen molar-refractivity contribution in [2.24, 2.45) is 5.73 Å². The summed E-state index contributed by atoms with van der Waals surface area (Å²) in [6.07, 6.45) is 3.15. The third-order valence-electron chi connectivity index (χ3n) is 2.41. The highest BCUT2D eigenvalue weighted by molar-refractivity contribution is 9.10. The van der Waals surface area contributed by atoms with Crippen molar-refractivity contribution in [3.05, 3.63) is 22.2 Å². The molecule has 0 bridgehead atoms. The quantitative estimate of drug-likeness (QED) is 0.819. The standard InChI is InChI=1S/C12H18BrNO2/c1-15-11-8-9(5-3-4-6-14)7-10(13)12(11)16-2/h7-8H,3-6,14H2,1-2H3. The number of halogens is 1. The van der Waals surface area contributed by atoms with E-state index >= 15 is 0 Å². The number of methoxy groups -OCH3 is 2. The zero-order chi connectivity index (χ0) is 12.0. The van der Waals surface area contributed by atoms with E-state index in [0.717, 1.165) is 41.8 Å². The van der Waals surface area contributed by atoms with Crippen molar-refractivity contribution < 1.29 is 9.47 Å². The van der Waals surface area contributed by atoms with Crippen LogP contribution in [0.2, 0.25) is 0 Å². The number of unbranched alkanes of at least 4 members (excludes halogenated alkanes) is 1. The van der Waals surface area contributed by atoms with Gasteiger partial charge in [0, 0.05) is 0 Å². The Bertz CT molecular complexity index is 342. The molecule has 0 saturated carbocycles. The zero-order valence-electron chi connectivity index (χ0n) is 9.75. The molecule has 4 heteroatoms. The van der Waals surface area contributed by atoms with Gasteiger partial charge in [0.2, 0.25) is 0 Å². The third kappa shape index (κ3) is 3.39. The maximum absolute atomic E-state index is 5.47. The number of benzene rings is 1. The smallest absolute Gasteiger partial charge is 0.174 e. The molecule has 0 heterocycles. The first kappa shape index (κ1) is 13.3. The summed E-state index contributed by atoms with van der Waals surface area (Å²) in [6, 6.07) is 4.08. The van der Waals surface area contributed by atoms with Gasteiger partial charge in [-0.3, -0.25) is 0 Å². The molecule has 0 aliphatic carbocycles.